The summed E-state index contributed by atoms with van der Waals surface area (Å²) in [5.74, 6) is 0.148. The molecule has 2 heterocycles. The second-order valence-electron chi connectivity index (χ2n) is 3.25. The zero-order valence-electron chi connectivity index (χ0n) is 8.76. The minimum Gasteiger partial charge on any atom is -0.355 e. The van der Waals surface area contributed by atoms with Crippen molar-refractivity contribution < 1.29 is 4.79 Å². The molecule has 1 aromatic heterocycles. The smallest absolute Gasteiger partial charge is 0.234 e. The van der Waals surface area contributed by atoms with Crippen molar-refractivity contribution in [2.24, 2.45) is 0 Å². The van der Waals surface area contributed by atoms with E-state index in [0.29, 0.717) is 6.54 Å². The standard InChI is InChI=1S/C6H12N2O.C3H3N3/c1-8-4-2-3-7-6(9)5-8;1-2-4-6-5-3-1/h2-5H2,1H3,(H,7,9);1-3H. The molecule has 1 aromatic rings. The van der Waals surface area contributed by atoms with Crippen LogP contribution in [0.1, 0.15) is 6.42 Å². The van der Waals surface area contributed by atoms with E-state index in [4.69, 9.17) is 0 Å². The summed E-state index contributed by atoms with van der Waals surface area (Å²) in [5.41, 5.74) is 0. The van der Waals surface area contributed by atoms with Crippen LogP contribution in [0.25, 0.3) is 0 Å². The van der Waals surface area contributed by atoms with Crippen molar-refractivity contribution in [2.75, 3.05) is 26.7 Å². The van der Waals surface area contributed by atoms with Gasteiger partial charge in [0.1, 0.15) is 0 Å². The molecule has 6 nitrogen and oxygen atoms in total. The van der Waals surface area contributed by atoms with Crippen LogP contribution < -0.4 is 5.32 Å². The van der Waals surface area contributed by atoms with Gasteiger partial charge < -0.3 is 5.32 Å². The number of hydrogen-bond donors (Lipinski definition) is 1. The number of nitrogens with one attached hydrogen (secondary N) is 1. The first-order chi connectivity index (χ1) is 7.29. The van der Waals surface area contributed by atoms with E-state index in [-0.39, 0.29) is 5.91 Å². The van der Waals surface area contributed by atoms with Crippen LogP contribution >= 0.6 is 0 Å². The van der Waals surface area contributed by atoms with Gasteiger partial charge in [0.15, 0.2) is 0 Å². The van der Waals surface area contributed by atoms with Crippen molar-refractivity contribution in [1.82, 2.24) is 25.6 Å². The van der Waals surface area contributed by atoms with E-state index in [9.17, 15) is 4.79 Å². The van der Waals surface area contributed by atoms with Crippen molar-refractivity contribution in [1.29, 1.82) is 0 Å². The molecule has 0 spiro atoms. The van der Waals surface area contributed by atoms with E-state index >= 15 is 0 Å². The fourth-order valence-corrected chi connectivity index (χ4v) is 1.16. The Kier molecular flexibility index (Phi) is 5.24. The van der Waals surface area contributed by atoms with Crippen LogP contribution in [0.5, 0.6) is 0 Å². The lowest BCUT2D eigenvalue weighted by atomic mass is 10.4. The highest BCUT2D eigenvalue weighted by Gasteiger charge is 2.08. The largest absolute Gasteiger partial charge is 0.355 e. The van der Waals surface area contributed by atoms with Crippen LogP contribution in [0.2, 0.25) is 0 Å². The quantitative estimate of drug-likeness (QED) is 0.612. The number of likely N-dealkylation sites (N-methyl/N-ethyl adjacent to an activating group) is 1. The van der Waals surface area contributed by atoms with Gasteiger partial charge in [0.05, 0.1) is 18.9 Å². The molecule has 82 valence electrons. The second-order valence-corrected chi connectivity index (χ2v) is 3.25. The molecule has 1 N–H and O–H groups in total. The molecule has 1 saturated heterocycles. The summed E-state index contributed by atoms with van der Waals surface area (Å²) in [6, 6.07) is 1.72. The van der Waals surface area contributed by atoms with Crippen molar-refractivity contribution in [3.05, 3.63) is 18.5 Å². The lowest BCUT2D eigenvalue weighted by Crippen LogP contribution is -2.30. The number of carbonyl (C=O) groups is 1. The van der Waals surface area contributed by atoms with Crippen molar-refractivity contribution >= 4 is 5.91 Å². The summed E-state index contributed by atoms with van der Waals surface area (Å²) in [6.45, 7) is 2.42. The lowest BCUT2D eigenvalue weighted by molar-refractivity contribution is -0.121. The summed E-state index contributed by atoms with van der Waals surface area (Å²) < 4.78 is 0. The Morgan fingerprint density at radius 1 is 1.40 bits per heavy atom. The molecule has 0 aliphatic carbocycles. The van der Waals surface area contributed by atoms with E-state index in [1.165, 1.54) is 0 Å². The second kappa shape index (κ2) is 6.83. The first kappa shape index (κ1) is 11.5. The zero-order valence-corrected chi connectivity index (χ0v) is 8.76. The average Bonchev–Trinajstić information content (AvgIpc) is 2.45. The summed E-state index contributed by atoms with van der Waals surface area (Å²) in [7, 11) is 1.96. The highest BCUT2D eigenvalue weighted by molar-refractivity contribution is 5.78. The number of rotatable bonds is 0. The van der Waals surface area contributed by atoms with Gasteiger partial charge in [-0.05, 0) is 24.7 Å². The number of hydrogen-bond acceptors (Lipinski definition) is 5. The summed E-state index contributed by atoms with van der Waals surface area (Å²) in [4.78, 5) is 12.8. The van der Waals surface area contributed by atoms with Crippen molar-refractivity contribution in [3.63, 3.8) is 0 Å². The zero-order chi connectivity index (χ0) is 10.9. The SMILES string of the molecule is CN1CCCNC(=O)C1.c1cnnnc1. The molecule has 0 atom stereocenters. The highest BCUT2D eigenvalue weighted by atomic mass is 16.2. The Hall–Kier alpha value is -1.56. The topological polar surface area (TPSA) is 71.0 Å². The van der Waals surface area contributed by atoms with Gasteiger partial charge in [-0.3, -0.25) is 9.69 Å². The summed E-state index contributed by atoms with van der Waals surface area (Å²) in [6.07, 6.45) is 4.22. The van der Waals surface area contributed by atoms with Gasteiger partial charge in [0.25, 0.3) is 0 Å². The van der Waals surface area contributed by atoms with Crippen LogP contribution in [0.3, 0.4) is 0 Å². The lowest BCUT2D eigenvalue weighted by Gasteiger charge is -2.08. The fourth-order valence-electron chi connectivity index (χ4n) is 1.16. The molecule has 1 aliphatic heterocycles. The molecular weight excluding hydrogens is 194 g/mol. The molecule has 0 unspecified atom stereocenters. The van der Waals surface area contributed by atoms with Gasteiger partial charge in [0, 0.05) is 13.1 Å². The van der Waals surface area contributed by atoms with Gasteiger partial charge >= 0.3 is 0 Å². The molecular formula is C9H15N5O. The van der Waals surface area contributed by atoms with E-state index in [1.807, 2.05) is 11.9 Å². The number of aromatic nitrogens is 3. The Bertz CT molecular complexity index is 252. The molecule has 1 amide bonds. The molecule has 0 saturated carbocycles. The van der Waals surface area contributed by atoms with Gasteiger partial charge in [-0.1, -0.05) is 0 Å². The monoisotopic (exact) mass is 209 g/mol. The molecule has 0 bridgehead atoms. The van der Waals surface area contributed by atoms with Crippen molar-refractivity contribution in [3.8, 4) is 0 Å². The number of carbonyl (C=O) groups excluding carboxylic acids is 1. The Morgan fingerprint density at radius 3 is 2.67 bits per heavy atom. The van der Waals surface area contributed by atoms with Gasteiger partial charge in [-0.2, -0.15) is 0 Å². The number of amides is 1. The predicted octanol–water partition coefficient (Wildman–Crippen LogP) is -0.690. The van der Waals surface area contributed by atoms with Crippen LogP contribution in [0.4, 0.5) is 0 Å². The molecule has 1 aliphatic rings. The van der Waals surface area contributed by atoms with Crippen LogP contribution in [0, 0.1) is 0 Å². The van der Waals surface area contributed by atoms with E-state index in [0.717, 1.165) is 19.5 Å². The molecule has 1 fully saturated rings. The third-order valence-electron chi connectivity index (χ3n) is 1.86. The highest BCUT2D eigenvalue weighted by Crippen LogP contribution is 1.90. The first-order valence-electron chi connectivity index (χ1n) is 4.82. The molecule has 6 heteroatoms. The third kappa shape index (κ3) is 5.69. The minimum atomic E-state index is 0.148. The minimum absolute atomic E-state index is 0.148. The third-order valence-corrected chi connectivity index (χ3v) is 1.86. The molecule has 2 rings (SSSR count). The molecule has 0 aromatic carbocycles. The van der Waals surface area contributed by atoms with Crippen LogP contribution in [-0.4, -0.2) is 52.9 Å². The van der Waals surface area contributed by atoms with Crippen molar-refractivity contribution in [2.45, 2.75) is 6.42 Å². The maximum absolute atomic E-state index is 10.7. The Morgan fingerprint density at radius 2 is 2.13 bits per heavy atom. The van der Waals surface area contributed by atoms with Gasteiger partial charge in [0.2, 0.25) is 5.91 Å². The van der Waals surface area contributed by atoms with E-state index in [1.54, 1.807) is 18.5 Å². The average molecular weight is 209 g/mol. The van der Waals surface area contributed by atoms with E-state index < -0.39 is 0 Å². The van der Waals surface area contributed by atoms with Gasteiger partial charge in [-0.15, -0.1) is 10.2 Å². The first-order valence-corrected chi connectivity index (χ1v) is 4.82. The van der Waals surface area contributed by atoms with Crippen LogP contribution in [-0.2, 0) is 4.79 Å². The fraction of sp³-hybridized carbons (Fsp3) is 0.556. The maximum Gasteiger partial charge on any atom is 0.234 e. The van der Waals surface area contributed by atoms with Gasteiger partial charge in [-0.25, -0.2) is 0 Å². The Labute approximate surface area is 88.7 Å². The van der Waals surface area contributed by atoms with E-state index in [2.05, 4.69) is 20.7 Å². The normalized spacial score (nSPS) is 17.0. The molecule has 15 heavy (non-hydrogen) atoms. The summed E-state index contributed by atoms with van der Waals surface area (Å²) in [5, 5.41) is 12.9. The summed E-state index contributed by atoms with van der Waals surface area (Å²) >= 11 is 0. The predicted molar refractivity (Wildman–Crippen MR) is 55.0 cm³/mol. The Balaban J connectivity index is 0.000000162. The van der Waals surface area contributed by atoms with Crippen LogP contribution in [0.15, 0.2) is 18.5 Å². The maximum atomic E-state index is 10.7. The molecule has 0 radical (unpaired) electrons. The number of nitrogens with zero attached hydrogens (tertiary/aromatic N) is 4.